The molecule has 20 heavy (non-hydrogen) atoms. The average molecular weight is 302 g/mol. The standard InChI is InChI=1S/C14H17ClFNO3/c1-8(17-4-2-3-13(19)14(17)20)10-5-9(16)6-12(15)11(10)7-18/h5-6,8,13,18-19H,2-4,7H2,1H3/t8-,13-/m0/s1. The summed E-state index contributed by atoms with van der Waals surface area (Å²) >= 11 is 5.93. The van der Waals surface area contributed by atoms with E-state index in [9.17, 15) is 19.4 Å². The van der Waals surface area contributed by atoms with Crippen molar-refractivity contribution in [2.75, 3.05) is 6.54 Å². The molecular weight excluding hydrogens is 285 g/mol. The van der Waals surface area contributed by atoms with Crippen LogP contribution in [0.1, 0.15) is 36.9 Å². The molecule has 0 bridgehead atoms. The number of nitrogens with zero attached hydrogens (tertiary/aromatic N) is 1. The van der Waals surface area contributed by atoms with Crippen LogP contribution < -0.4 is 0 Å². The SMILES string of the molecule is C[C@@H](c1cc(F)cc(Cl)c1CO)N1CCC[C@H](O)C1=O. The van der Waals surface area contributed by atoms with E-state index in [4.69, 9.17) is 11.6 Å². The third-order valence-electron chi connectivity index (χ3n) is 3.72. The quantitative estimate of drug-likeness (QED) is 0.898. The van der Waals surface area contributed by atoms with E-state index in [0.717, 1.165) is 6.07 Å². The van der Waals surface area contributed by atoms with E-state index in [2.05, 4.69) is 0 Å². The molecule has 1 fully saturated rings. The Kier molecular flexibility index (Phi) is 4.62. The Morgan fingerprint density at radius 3 is 2.90 bits per heavy atom. The van der Waals surface area contributed by atoms with Crippen molar-refractivity contribution in [1.29, 1.82) is 0 Å². The number of likely N-dealkylation sites (tertiary alicyclic amines) is 1. The minimum atomic E-state index is -1.01. The maximum Gasteiger partial charge on any atom is 0.251 e. The molecule has 0 unspecified atom stereocenters. The zero-order valence-corrected chi connectivity index (χ0v) is 11.9. The van der Waals surface area contributed by atoms with Crippen LogP contribution in [0.4, 0.5) is 4.39 Å². The minimum absolute atomic E-state index is 0.138. The first kappa shape index (κ1) is 15.2. The van der Waals surface area contributed by atoms with E-state index < -0.39 is 18.0 Å². The number of piperidine rings is 1. The molecule has 1 amide bonds. The molecule has 1 heterocycles. The van der Waals surface area contributed by atoms with Crippen LogP contribution in [0.15, 0.2) is 12.1 Å². The van der Waals surface area contributed by atoms with Crippen molar-refractivity contribution in [3.63, 3.8) is 0 Å². The van der Waals surface area contributed by atoms with Crippen molar-refractivity contribution >= 4 is 17.5 Å². The van der Waals surface area contributed by atoms with Gasteiger partial charge in [-0.15, -0.1) is 0 Å². The lowest BCUT2D eigenvalue weighted by atomic mass is 9.97. The predicted octanol–water partition coefficient (Wildman–Crippen LogP) is 2.02. The van der Waals surface area contributed by atoms with Gasteiger partial charge in [-0.1, -0.05) is 11.6 Å². The Labute approximate surface area is 121 Å². The smallest absolute Gasteiger partial charge is 0.251 e. The maximum absolute atomic E-state index is 13.5. The molecule has 0 saturated carbocycles. The van der Waals surface area contributed by atoms with Gasteiger partial charge >= 0.3 is 0 Å². The molecular formula is C14H17ClFNO3. The van der Waals surface area contributed by atoms with Crippen LogP contribution in [0, 0.1) is 5.82 Å². The molecule has 1 aliphatic heterocycles. The zero-order valence-electron chi connectivity index (χ0n) is 11.1. The second-order valence-corrected chi connectivity index (χ2v) is 5.39. The lowest BCUT2D eigenvalue weighted by Gasteiger charge is -2.35. The monoisotopic (exact) mass is 301 g/mol. The Balaban J connectivity index is 2.37. The first-order valence-corrected chi connectivity index (χ1v) is 6.90. The number of hydrogen-bond donors (Lipinski definition) is 2. The number of rotatable bonds is 3. The number of benzene rings is 1. The summed E-state index contributed by atoms with van der Waals surface area (Å²) in [5, 5.41) is 19.2. The van der Waals surface area contributed by atoms with Gasteiger partial charge in [0, 0.05) is 17.1 Å². The van der Waals surface area contributed by atoms with Gasteiger partial charge in [-0.3, -0.25) is 4.79 Å². The normalized spacial score (nSPS) is 21.1. The van der Waals surface area contributed by atoms with E-state index in [1.165, 1.54) is 11.0 Å². The Morgan fingerprint density at radius 2 is 2.25 bits per heavy atom. The molecule has 1 aromatic rings. The lowest BCUT2D eigenvalue weighted by Crippen LogP contribution is -2.45. The van der Waals surface area contributed by atoms with Gasteiger partial charge in [-0.05, 0) is 37.5 Å². The minimum Gasteiger partial charge on any atom is -0.392 e. The third kappa shape index (κ3) is 2.80. The van der Waals surface area contributed by atoms with Crippen molar-refractivity contribution < 1.29 is 19.4 Å². The van der Waals surface area contributed by atoms with Crippen LogP contribution >= 0.6 is 11.6 Å². The fraction of sp³-hybridized carbons (Fsp3) is 0.500. The van der Waals surface area contributed by atoms with E-state index in [1.54, 1.807) is 6.92 Å². The molecule has 1 aliphatic rings. The molecule has 110 valence electrons. The molecule has 0 aromatic heterocycles. The summed E-state index contributed by atoms with van der Waals surface area (Å²) in [7, 11) is 0. The fourth-order valence-corrected chi connectivity index (χ4v) is 2.87. The second kappa shape index (κ2) is 6.08. The predicted molar refractivity (Wildman–Crippen MR) is 72.7 cm³/mol. The summed E-state index contributed by atoms with van der Waals surface area (Å²) in [5.41, 5.74) is 0.883. The largest absolute Gasteiger partial charge is 0.392 e. The van der Waals surface area contributed by atoms with Crippen molar-refractivity contribution in [1.82, 2.24) is 4.90 Å². The van der Waals surface area contributed by atoms with Crippen molar-refractivity contribution in [3.8, 4) is 0 Å². The molecule has 1 saturated heterocycles. The first-order chi connectivity index (χ1) is 9.45. The Bertz CT molecular complexity index is 523. The van der Waals surface area contributed by atoms with Gasteiger partial charge in [0.2, 0.25) is 0 Å². The molecule has 2 atom stereocenters. The zero-order chi connectivity index (χ0) is 14.9. The number of aliphatic hydroxyl groups is 2. The maximum atomic E-state index is 13.5. The molecule has 4 nitrogen and oxygen atoms in total. The molecule has 1 aromatic carbocycles. The fourth-order valence-electron chi connectivity index (χ4n) is 2.60. The Morgan fingerprint density at radius 1 is 1.55 bits per heavy atom. The first-order valence-electron chi connectivity index (χ1n) is 6.53. The van der Waals surface area contributed by atoms with Gasteiger partial charge in [0.25, 0.3) is 5.91 Å². The van der Waals surface area contributed by atoms with Crippen molar-refractivity contribution in [3.05, 3.63) is 34.1 Å². The summed E-state index contributed by atoms with van der Waals surface area (Å²) in [6, 6.07) is 1.96. The number of amides is 1. The molecule has 0 spiro atoms. The molecule has 6 heteroatoms. The summed E-state index contributed by atoms with van der Waals surface area (Å²) in [6.07, 6.45) is 0.126. The van der Waals surface area contributed by atoms with Gasteiger partial charge in [0.15, 0.2) is 0 Å². The summed E-state index contributed by atoms with van der Waals surface area (Å²) < 4.78 is 13.5. The molecule has 0 radical (unpaired) electrons. The van der Waals surface area contributed by atoms with Crippen LogP contribution in [-0.4, -0.2) is 33.7 Å². The third-order valence-corrected chi connectivity index (χ3v) is 4.05. The van der Waals surface area contributed by atoms with Gasteiger partial charge < -0.3 is 15.1 Å². The van der Waals surface area contributed by atoms with Gasteiger partial charge in [0.1, 0.15) is 11.9 Å². The van der Waals surface area contributed by atoms with Crippen LogP contribution in [-0.2, 0) is 11.4 Å². The van der Waals surface area contributed by atoms with E-state index in [-0.39, 0.29) is 17.5 Å². The topological polar surface area (TPSA) is 60.8 Å². The second-order valence-electron chi connectivity index (χ2n) is 4.98. The van der Waals surface area contributed by atoms with Crippen LogP contribution in [0.5, 0.6) is 0 Å². The number of halogens is 2. The van der Waals surface area contributed by atoms with Crippen molar-refractivity contribution in [2.24, 2.45) is 0 Å². The van der Waals surface area contributed by atoms with Crippen LogP contribution in [0.25, 0.3) is 0 Å². The number of carbonyl (C=O) groups is 1. The molecule has 0 aliphatic carbocycles. The van der Waals surface area contributed by atoms with Crippen molar-refractivity contribution in [2.45, 2.75) is 38.5 Å². The van der Waals surface area contributed by atoms with E-state index in [0.29, 0.717) is 30.5 Å². The lowest BCUT2D eigenvalue weighted by molar-refractivity contribution is -0.146. The highest BCUT2D eigenvalue weighted by Gasteiger charge is 2.31. The number of carbonyl (C=O) groups excluding carboxylic acids is 1. The van der Waals surface area contributed by atoms with Gasteiger partial charge in [-0.25, -0.2) is 4.39 Å². The summed E-state index contributed by atoms with van der Waals surface area (Å²) in [5.74, 6) is -0.882. The summed E-state index contributed by atoms with van der Waals surface area (Å²) in [4.78, 5) is 13.5. The highest BCUT2D eigenvalue weighted by atomic mass is 35.5. The van der Waals surface area contributed by atoms with Gasteiger partial charge in [0.05, 0.1) is 12.6 Å². The average Bonchev–Trinajstić information content (AvgIpc) is 2.40. The molecule has 2 N–H and O–H groups in total. The highest BCUT2D eigenvalue weighted by molar-refractivity contribution is 6.31. The molecule has 2 rings (SSSR count). The Hall–Kier alpha value is -1.17. The van der Waals surface area contributed by atoms with E-state index in [1.807, 2.05) is 0 Å². The van der Waals surface area contributed by atoms with E-state index >= 15 is 0 Å². The van der Waals surface area contributed by atoms with Crippen LogP contribution in [0.3, 0.4) is 0 Å². The van der Waals surface area contributed by atoms with Crippen LogP contribution in [0.2, 0.25) is 5.02 Å². The summed E-state index contributed by atoms with van der Waals surface area (Å²) in [6.45, 7) is 1.90. The van der Waals surface area contributed by atoms with Gasteiger partial charge in [-0.2, -0.15) is 0 Å². The number of aliphatic hydroxyl groups excluding tert-OH is 2. The number of hydrogen-bond acceptors (Lipinski definition) is 3. The highest BCUT2D eigenvalue weighted by Crippen LogP contribution is 2.32.